The van der Waals surface area contributed by atoms with Crippen molar-refractivity contribution in [3.8, 4) is 0 Å². The number of esters is 1. The standard InChI is InChI=1S/C35H50O4/c1-22(2)23(3)12-13-24(4)28-14-15-29-27-20-31(39-32(37)25-10-8-7-9-11-25)35(38)21-26(36)16-19-34(35,6)30(27)17-18-33(28,29)5/h7-13,20,22-24,26,28-31,36,38H,14-19,21H2,1-6H3/b13-12+/t23-,24+,26-,28-,29+,30-,31-,33+,34-,35+/m0/s1. The van der Waals surface area contributed by atoms with Crippen molar-refractivity contribution < 1.29 is 19.7 Å². The van der Waals surface area contributed by atoms with E-state index in [1.165, 1.54) is 12.0 Å². The van der Waals surface area contributed by atoms with Gasteiger partial charge in [0.15, 0.2) is 0 Å². The molecule has 0 unspecified atom stereocenters. The topological polar surface area (TPSA) is 66.8 Å². The Bertz CT molecular complexity index is 1110. The molecule has 5 rings (SSSR count). The van der Waals surface area contributed by atoms with E-state index in [9.17, 15) is 15.0 Å². The van der Waals surface area contributed by atoms with Gasteiger partial charge in [-0.1, -0.05) is 77.5 Å². The first-order valence-electron chi connectivity index (χ1n) is 15.5. The lowest BCUT2D eigenvalue weighted by Gasteiger charge is -2.62. The lowest BCUT2D eigenvalue weighted by Crippen LogP contribution is -2.66. The first kappa shape index (κ1) is 28.6. The fourth-order valence-corrected chi connectivity index (χ4v) is 9.02. The Kier molecular flexibility index (Phi) is 7.70. The van der Waals surface area contributed by atoms with Gasteiger partial charge in [-0.25, -0.2) is 4.79 Å². The average molecular weight is 535 g/mol. The summed E-state index contributed by atoms with van der Waals surface area (Å²) in [6, 6.07) is 9.06. The van der Waals surface area contributed by atoms with Crippen LogP contribution in [0.15, 0.2) is 54.1 Å². The molecule has 0 spiro atoms. The van der Waals surface area contributed by atoms with Crippen molar-refractivity contribution in [1.82, 2.24) is 0 Å². The van der Waals surface area contributed by atoms with Gasteiger partial charge in [-0.05, 0) is 97.7 Å². The molecule has 0 amide bonds. The molecule has 3 fully saturated rings. The van der Waals surface area contributed by atoms with Crippen molar-refractivity contribution in [2.24, 2.45) is 46.3 Å². The van der Waals surface area contributed by atoms with Gasteiger partial charge in [0.05, 0.1) is 11.7 Å². The smallest absolute Gasteiger partial charge is 0.338 e. The minimum Gasteiger partial charge on any atom is -0.451 e. The van der Waals surface area contributed by atoms with Crippen LogP contribution in [0.3, 0.4) is 0 Å². The van der Waals surface area contributed by atoms with Crippen LogP contribution in [0.2, 0.25) is 0 Å². The predicted molar refractivity (Wildman–Crippen MR) is 156 cm³/mol. The van der Waals surface area contributed by atoms with E-state index in [0.29, 0.717) is 41.6 Å². The van der Waals surface area contributed by atoms with Gasteiger partial charge in [0.25, 0.3) is 0 Å². The molecule has 3 saturated carbocycles. The highest BCUT2D eigenvalue weighted by atomic mass is 16.6. The maximum Gasteiger partial charge on any atom is 0.338 e. The van der Waals surface area contributed by atoms with E-state index in [0.717, 1.165) is 25.7 Å². The zero-order valence-electron chi connectivity index (χ0n) is 24.9. The van der Waals surface area contributed by atoms with Crippen molar-refractivity contribution in [1.29, 1.82) is 0 Å². The Labute approximate surface area is 235 Å². The van der Waals surface area contributed by atoms with E-state index >= 15 is 0 Å². The SMILES string of the molecule is CC(C)[C@@H](C)/C=C/[C@@H](C)[C@@H]1CC[C@@H]2C3=C[C@H](OC(=O)c4ccccc4)[C@]4(O)C[C@@H](O)CC[C@@]4(C)[C@H]3CC[C@@]21C. The highest BCUT2D eigenvalue weighted by Gasteiger charge is 2.66. The molecule has 214 valence electrons. The summed E-state index contributed by atoms with van der Waals surface area (Å²) in [5.41, 5.74) is 0.382. The Morgan fingerprint density at radius 2 is 1.69 bits per heavy atom. The fourth-order valence-electron chi connectivity index (χ4n) is 9.02. The number of benzene rings is 1. The van der Waals surface area contributed by atoms with E-state index in [-0.39, 0.29) is 17.8 Å². The van der Waals surface area contributed by atoms with Crippen LogP contribution in [0.1, 0.15) is 96.8 Å². The van der Waals surface area contributed by atoms with Gasteiger partial charge >= 0.3 is 5.97 Å². The number of ether oxygens (including phenoxy) is 1. The van der Waals surface area contributed by atoms with Gasteiger partial charge < -0.3 is 14.9 Å². The number of aliphatic hydroxyl groups excluding tert-OH is 1. The van der Waals surface area contributed by atoms with Crippen molar-refractivity contribution in [2.75, 3.05) is 0 Å². The quantitative estimate of drug-likeness (QED) is 0.296. The molecule has 0 aromatic heterocycles. The molecule has 4 nitrogen and oxygen atoms in total. The first-order chi connectivity index (χ1) is 18.4. The molecule has 2 N–H and O–H groups in total. The third-order valence-corrected chi connectivity index (χ3v) is 12.0. The van der Waals surface area contributed by atoms with Gasteiger partial charge in [-0.2, -0.15) is 0 Å². The van der Waals surface area contributed by atoms with E-state index in [1.807, 2.05) is 18.2 Å². The minimum atomic E-state index is -1.28. The number of allylic oxidation sites excluding steroid dienone is 3. The van der Waals surface area contributed by atoms with Gasteiger partial charge in [-0.15, -0.1) is 0 Å². The summed E-state index contributed by atoms with van der Waals surface area (Å²) in [5, 5.41) is 23.0. The molecule has 4 aliphatic carbocycles. The lowest BCUT2D eigenvalue weighted by atomic mass is 9.45. The van der Waals surface area contributed by atoms with Crippen LogP contribution < -0.4 is 0 Å². The highest BCUT2D eigenvalue weighted by molar-refractivity contribution is 5.89. The molecule has 39 heavy (non-hydrogen) atoms. The number of hydrogen-bond donors (Lipinski definition) is 2. The molecular formula is C35H50O4. The number of fused-ring (bicyclic) bond motifs is 5. The zero-order valence-corrected chi connectivity index (χ0v) is 24.9. The summed E-state index contributed by atoms with van der Waals surface area (Å²) >= 11 is 0. The van der Waals surface area contributed by atoms with Crippen LogP contribution in [-0.4, -0.2) is 34.0 Å². The second kappa shape index (κ2) is 10.5. The first-order valence-corrected chi connectivity index (χ1v) is 15.5. The highest BCUT2D eigenvalue weighted by Crippen LogP contribution is 2.67. The molecule has 0 bridgehead atoms. The van der Waals surface area contributed by atoms with Crippen LogP contribution in [-0.2, 0) is 4.74 Å². The van der Waals surface area contributed by atoms with E-state index in [2.05, 4.69) is 59.8 Å². The van der Waals surface area contributed by atoms with Crippen LogP contribution in [0.25, 0.3) is 0 Å². The molecule has 1 aromatic rings. The summed E-state index contributed by atoms with van der Waals surface area (Å²) in [6.07, 6.45) is 11.9. The normalized spacial score (nSPS) is 41.4. The predicted octanol–water partition coefficient (Wildman–Crippen LogP) is 7.36. The Hall–Kier alpha value is -1.91. The molecule has 0 saturated heterocycles. The summed E-state index contributed by atoms with van der Waals surface area (Å²) in [7, 11) is 0. The summed E-state index contributed by atoms with van der Waals surface area (Å²) in [6.45, 7) is 14.0. The van der Waals surface area contributed by atoms with E-state index in [1.54, 1.807) is 12.1 Å². The van der Waals surface area contributed by atoms with Gasteiger partial charge in [-0.3, -0.25) is 0 Å². The molecule has 1 aromatic carbocycles. The van der Waals surface area contributed by atoms with Gasteiger partial charge in [0, 0.05) is 11.8 Å². The summed E-state index contributed by atoms with van der Waals surface area (Å²) in [5.74, 6) is 2.64. The number of aliphatic hydroxyl groups is 2. The molecule has 0 heterocycles. The lowest BCUT2D eigenvalue weighted by molar-refractivity contribution is -0.210. The number of hydrogen-bond acceptors (Lipinski definition) is 4. The van der Waals surface area contributed by atoms with Crippen molar-refractivity contribution >= 4 is 5.97 Å². The van der Waals surface area contributed by atoms with Crippen molar-refractivity contribution in [3.05, 3.63) is 59.7 Å². The zero-order chi connectivity index (χ0) is 28.2. The minimum absolute atomic E-state index is 0.196. The Morgan fingerprint density at radius 1 is 0.974 bits per heavy atom. The number of carbonyl (C=O) groups is 1. The maximum atomic E-state index is 13.2. The molecule has 0 radical (unpaired) electrons. The third kappa shape index (κ3) is 4.74. The van der Waals surface area contributed by atoms with Crippen LogP contribution in [0.5, 0.6) is 0 Å². The second-order valence-electron chi connectivity index (χ2n) is 14.3. The van der Waals surface area contributed by atoms with Crippen LogP contribution in [0.4, 0.5) is 0 Å². The molecule has 4 aliphatic rings. The summed E-state index contributed by atoms with van der Waals surface area (Å²) in [4.78, 5) is 13.2. The molecule has 10 atom stereocenters. The largest absolute Gasteiger partial charge is 0.451 e. The number of carbonyl (C=O) groups excluding carboxylic acids is 1. The Balaban J connectivity index is 1.49. The second-order valence-corrected chi connectivity index (χ2v) is 14.3. The van der Waals surface area contributed by atoms with Crippen molar-refractivity contribution in [2.45, 2.75) is 104 Å². The average Bonchev–Trinajstić information content (AvgIpc) is 3.26. The molecule has 0 aliphatic heterocycles. The molecular weight excluding hydrogens is 484 g/mol. The number of rotatable bonds is 6. The van der Waals surface area contributed by atoms with Crippen LogP contribution >= 0.6 is 0 Å². The van der Waals surface area contributed by atoms with Crippen LogP contribution in [0, 0.1) is 46.3 Å². The van der Waals surface area contributed by atoms with E-state index < -0.39 is 29.2 Å². The third-order valence-electron chi connectivity index (χ3n) is 12.0. The molecule has 4 heteroatoms. The Morgan fingerprint density at radius 3 is 2.38 bits per heavy atom. The fraction of sp³-hybridized carbons (Fsp3) is 0.686. The van der Waals surface area contributed by atoms with E-state index in [4.69, 9.17) is 4.74 Å². The monoisotopic (exact) mass is 534 g/mol. The maximum absolute atomic E-state index is 13.2. The van der Waals surface area contributed by atoms with Gasteiger partial charge in [0.2, 0.25) is 0 Å². The van der Waals surface area contributed by atoms with Gasteiger partial charge in [0.1, 0.15) is 11.7 Å². The van der Waals surface area contributed by atoms with Crippen molar-refractivity contribution in [3.63, 3.8) is 0 Å². The summed E-state index contributed by atoms with van der Waals surface area (Å²) < 4.78 is 6.17.